The van der Waals surface area contributed by atoms with Gasteiger partial charge in [-0.15, -0.1) is 0 Å². The first-order chi connectivity index (χ1) is 13.6. The minimum atomic E-state index is -3.91. The normalized spacial score (nSPS) is 11.9. The van der Waals surface area contributed by atoms with Crippen LogP contribution in [0.1, 0.15) is 36.1 Å². The van der Waals surface area contributed by atoms with Gasteiger partial charge in [-0.3, -0.25) is 15.5 Å². The molecule has 1 N–H and O–H groups in total. The van der Waals surface area contributed by atoms with Crippen molar-refractivity contribution in [2.24, 2.45) is 5.10 Å². The van der Waals surface area contributed by atoms with Crippen LogP contribution in [0.5, 0.6) is 0 Å². The summed E-state index contributed by atoms with van der Waals surface area (Å²) in [6.45, 7) is 9.91. The van der Waals surface area contributed by atoms with Gasteiger partial charge >= 0.3 is 0 Å². The van der Waals surface area contributed by atoms with Crippen LogP contribution < -0.4 is 5.43 Å². The Balaban J connectivity index is 2.47. The molecule has 0 saturated heterocycles. The number of hydrogen-bond acceptors (Lipinski definition) is 6. The summed E-state index contributed by atoms with van der Waals surface area (Å²) in [5, 5.41) is 15.3. The lowest BCUT2D eigenvalue weighted by Crippen LogP contribution is -2.31. The molecule has 2 rings (SSSR count). The Hall–Kier alpha value is -2.78. The lowest BCUT2D eigenvalue weighted by molar-refractivity contribution is -0.385. The van der Waals surface area contributed by atoms with Crippen LogP contribution in [-0.4, -0.2) is 37.0 Å². The molecule has 0 unspecified atom stereocenters. The predicted octanol–water partition coefficient (Wildman–Crippen LogP) is 4.00. The van der Waals surface area contributed by atoms with Crippen molar-refractivity contribution in [1.29, 1.82) is 0 Å². The van der Waals surface area contributed by atoms with Crippen LogP contribution in [0, 0.1) is 30.9 Å². The van der Waals surface area contributed by atoms with Crippen LogP contribution in [0.2, 0.25) is 0 Å². The smallest absolute Gasteiger partial charge is 0.270 e. The number of nitro benzene ring substituents is 1. The number of anilines is 1. The van der Waals surface area contributed by atoms with Crippen LogP contribution in [0.3, 0.4) is 0 Å². The summed E-state index contributed by atoms with van der Waals surface area (Å²) in [4.78, 5) is 10.4. The van der Waals surface area contributed by atoms with Gasteiger partial charge in [0.1, 0.15) is 4.90 Å². The van der Waals surface area contributed by atoms with E-state index in [1.54, 1.807) is 20.1 Å². The zero-order valence-corrected chi connectivity index (χ0v) is 18.1. The van der Waals surface area contributed by atoms with E-state index in [1.165, 1.54) is 16.4 Å². The Morgan fingerprint density at radius 3 is 2.21 bits per heavy atom. The van der Waals surface area contributed by atoms with Crippen molar-refractivity contribution < 1.29 is 13.3 Å². The van der Waals surface area contributed by atoms with Crippen molar-refractivity contribution in [3.8, 4) is 0 Å². The molecule has 8 nitrogen and oxygen atoms in total. The zero-order valence-electron chi connectivity index (χ0n) is 17.3. The van der Waals surface area contributed by atoms with Gasteiger partial charge in [-0.2, -0.15) is 9.41 Å². The van der Waals surface area contributed by atoms with E-state index >= 15 is 0 Å². The highest BCUT2D eigenvalue weighted by Crippen LogP contribution is 2.29. The maximum Gasteiger partial charge on any atom is 0.270 e. The maximum absolute atomic E-state index is 13.0. The van der Waals surface area contributed by atoms with Crippen molar-refractivity contribution in [2.45, 2.75) is 39.5 Å². The standard InChI is InChI=1S/C20H26N4O4S/c1-6-23(7-2)29(27,28)20-12-17(24(25)26)8-9-19(20)22-21-13-18-15(4)10-14(3)11-16(18)5/h8-13,22H,6-7H2,1-5H3/b21-13-. The molecule has 0 aliphatic carbocycles. The molecule has 0 aromatic heterocycles. The van der Waals surface area contributed by atoms with Crippen molar-refractivity contribution in [3.63, 3.8) is 0 Å². The Morgan fingerprint density at radius 2 is 1.69 bits per heavy atom. The molecule has 156 valence electrons. The molecule has 0 saturated carbocycles. The highest BCUT2D eigenvalue weighted by Gasteiger charge is 2.27. The molecule has 0 bridgehead atoms. The quantitative estimate of drug-likeness (QED) is 0.396. The van der Waals surface area contributed by atoms with Gasteiger partial charge in [-0.25, -0.2) is 8.42 Å². The first-order valence-electron chi connectivity index (χ1n) is 9.27. The van der Waals surface area contributed by atoms with Crippen molar-refractivity contribution in [2.75, 3.05) is 18.5 Å². The second kappa shape index (κ2) is 9.15. The number of nitro groups is 1. The largest absolute Gasteiger partial charge is 0.277 e. The van der Waals surface area contributed by atoms with Gasteiger partial charge in [-0.05, 0) is 38.0 Å². The first-order valence-corrected chi connectivity index (χ1v) is 10.7. The summed E-state index contributed by atoms with van der Waals surface area (Å²) in [7, 11) is -3.91. The summed E-state index contributed by atoms with van der Waals surface area (Å²) >= 11 is 0. The summed E-state index contributed by atoms with van der Waals surface area (Å²) in [6.07, 6.45) is 1.62. The van der Waals surface area contributed by atoms with E-state index in [9.17, 15) is 18.5 Å². The molecule has 0 aliphatic rings. The summed E-state index contributed by atoms with van der Waals surface area (Å²) in [5.74, 6) is 0. The van der Waals surface area contributed by atoms with E-state index in [2.05, 4.69) is 10.5 Å². The van der Waals surface area contributed by atoms with E-state index in [0.717, 1.165) is 28.3 Å². The van der Waals surface area contributed by atoms with Crippen LogP contribution in [0.4, 0.5) is 11.4 Å². The van der Waals surface area contributed by atoms with E-state index in [1.807, 2.05) is 32.9 Å². The van der Waals surface area contributed by atoms with Gasteiger partial charge in [-0.1, -0.05) is 31.5 Å². The number of nitrogens with zero attached hydrogens (tertiary/aromatic N) is 3. The minimum Gasteiger partial charge on any atom is -0.277 e. The average molecular weight is 419 g/mol. The molecule has 0 spiro atoms. The first kappa shape index (κ1) is 22.5. The van der Waals surface area contributed by atoms with E-state index in [-0.39, 0.29) is 29.4 Å². The van der Waals surface area contributed by atoms with Gasteiger partial charge in [0.2, 0.25) is 10.0 Å². The number of sulfonamides is 1. The predicted molar refractivity (Wildman–Crippen MR) is 115 cm³/mol. The third-order valence-corrected chi connectivity index (χ3v) is 6.71. The molecule has 2 aromatic carbocycles. The third-order valence-electron chi connectivity index (χ3n) is 4.62. The van der Waals surface area contributed by atoms with Gasteiger partial charge < -0.3 is 0 Å². The number of hydrogen-bond donors (Lipinski definition) is 1. The molecule has 0 aliphatic heterocycles. The van der Waals surface area contributed by atoms with Crippen molar-refractivity contribution in [3.05, 3.63) is 62.7 Å². The van der Waals surface area contributed by atoms with E-state index < -0.39 is 14.9 Å². The number of hydrazone groups is 1. The van der Waals surface area contributed by atoms with Gasteiger partial charge in [0.25, 0.3) is 5.69 Å². The fourth-order valence-corrected chi connectivity index (χ4v) is 4.81. The van der Waals surface area contributed by atoms with Crippen molar-refractivity contribution >= 4 is 27.6 Å². The Labute approximate surface area is 171 Å². The lowest BCUT2D eigenvalue weighted by atomic mass is 10.0. The second-order valence-electron chi connectivity index (χ2n) is 6.71. The zero-order chi connectivity index (χ0) is 21.8. The van der Waals surface area contributed by atoms with Gasteiger partial charge in [0.05, 0.1) is 16.8 Å². The number of non-ortho nitro benzene ring substituents is 1. The highest BCUT2D eigenvalue weighted by atomic mass is 32.2. The number of nitrogens with one attached hydrogen (secondary N) is 1. The van der Waals surface area contributed by atoms with E-state index in [0.29, 0.717) is 0 Å². The minimum absolute atomic E-state index is 0.176. The number of aryl methyl sites for hydroxylation is 3. The molecule has 29 heavy (non-hydrogen) atoms. The van der Waals surface area contributed by atoms with Crippen LogP contribution in [0.15, 0.2) is 40.3 Å². The Morgan fingerprint density at radius 1 is 1.10 bits per heavy atom. The fourth-order valence-electron chi connectivity index (χ4n) is 3.19. The maximum atomic E-state index is 13.0. The Bertz CT molecular complexity index is 1020. The highest BCUT2D eigenvalue weighted by molar-refractivity contribution is 7.89. The second-order valence-corrected chi connectivity index (χ2v) is 8.62. The molecule has 9 heteroatoms. The number of rotatable bonds is 8. The summed E-state index contributed by atoms with van der Waals surface area (Å²) in [5.41, 5.74) is 6.81. The SMILES string of the molecule is CCN(CC)S(=O)(=O)c1cc([N+](=O)[O-])ccc1N/N=C\c1c(C)cc(C)cc1C. The van der Waals surface area contributed by atoms with Gasteiger partial charge in [0.15, 0.2) is 0 Å². The molecular weight excluding hydrogens is 392 g/mol. The number of benzene rings is 2. The monoisotopic (exact) mass is 418 g/mol. The topological polar surface area (TPSA) is 105 Å². The lowest BCUT2D eigenvalue weighted by Gasteiger charge is -2.20. The van der Waals surface area contributed by atoms with E-state index in [4.69, 9.17) is 0 Å². The molecule has 0 amide bonds. The summed E-state index contributed by atoms with van der Waals surface area (Å²) < 4.78 is 27.2. The molecule has 0 atom stereocenters. The van der Waals surface area contributed by atoms with Crippen molar-refractivity contribution in [1.82, 2.24) is 4.31 Å². The molecule has 2 aromatic rings. The van der Waals surface area contributed by atoms with Crippen LogP contribution in [0.25, 0.3) is 0 Å². The molecule has 0 heterocycles. The van der Waals surface area contributed by atoms with Crippen LogP contribution >= 0.6 is 0 Å². The fraction of sp³-hybridized carbons (Fsp3) is 0.350. The molecular formula is C20H26N4O4S. The molecule has 0 radical (unpaired) electrons. The third kappa shape index (κ3) is 4.99. The summed E-state index contributed by atoms with van der Waals surface area (Å²) in [6, 6.07) is 7.75. The average Bonchev–Trinajstić information content (AvgIpc) is 2.64. The van der Waals surface area contributed by atoms with Gasteiger partial charge in [0, 0.05) is 30.8 Å². The van der Waals surface area contributed by atoms with Crippen LogP contribution in [-0.2, 0) is 10.0 Å². The molecule has 0 fully saturated rings. The Kier molecular flexibility index (Phi) is 7.10.